The van der Waals surface area contributed by atoms with Crippen LogP contribution in [0, 0.1) is 0 Å². The Hall–Kier alpha value is -1.56. The number of ether oxygens (including phenoxy) is 1. The lowest BCUT2D eigenvalue weighted by atomic mass is 10.2. The van der Waals surface area contributed by atoms with Crippen molar-refractivity contribution in [1.82, 2.24) is 0 Å². The second-order valence-electron chi connectivity index (χ2n) is 5.40. The first kappa shape index (κ1) is 17.8. The lowest BCUT2D eigenvalue weighted by molar-refractivity contribution is -0.129. The van der Waals surface area contributed by atoms with Crippen LogP contribution in [-0.2, 0) is 9.53 Å². The largest absolute Gasteiger partial charge is 0.401 e. The predicted molar refractivity (Wildman–Crippen MR) is 109 cm³/mol. The molecular formula is C18H7Cl4NO2S. The van der Waals surface area contributed by atoms with Crippen LogP contribution in [0.15, 0.2) is 47.1 Å². The van der Waals surface area contributed by atoms with Gasteiger partial charge in [0.2, 0.25) is 5.90 Å². The summed E-state index contributed by atoms with van der Waals surface area (Å²) in [7, 11) is 0. The van der Waals surface area contributed by atoms with Crippen molar-refractivity contribution in [3.63, 3.8) is 0 Å². The molecule has 1 aliphatic rings. The van der Waals surface area contributed by atoms with Crippen LogP contribution in [0.3, 0.4) is 0 Å². The minimum absolute atomic E-state index is 0.157. The maximum atomic E-state index is 12.2. The van der Waals surface area contributed by atoms with E-state index in [9.17, 15) is 4.79 Å². The van der Waals surface area contributed by atoms with Crippen molar-refractivity contribution in [3.05, 3.63) is 72.6 Å². The highest BCUT2D eigenvalue weighted by molar-refractivity contribution is 7.21. The molecule has 4 rings (SSSR count). The lowest BCUT2D eigenvalue weighted by Crippen LogP contribution is -2.04. The summed E-state index contributed by atoms with van der Waals surface area (Å²) in [6.45, 7) is 0. The van der Waals surface area contributed by atoms with Crippen molar-refractivity contribution < 1.29 is 9.53 Å². The molecule has 0 fully saturated rings. The number of esters is 1. The molecule has 1 aromatic heterocycles. The number of carbonyl (C=O) groups is 1. The maximum absolute atomic E-state index is 12.2. The molecule has 0 radical (unpaired) electrons. The molecule has 1 aliphatic heterocycles. The zero-order chi connectivity index (χ0) is 18.4. The van der Waals surface area contributed by atoms with E-state index in [0.717, 1.165) is 10.1 Å². The van der Waals surface area contributed by atoms with E-state index in [1.165, 1.54) is 11.3 Å². The summed E-state index contributed by atoms with van der Waals surface area (Å²) in [5, 5.41) is 2.73. The smallest absolute Gasteiger partial charge is 0.363 e. The van der Waals surface area contributed by atoms with Gasteiger partial charge in [-0.15, -0.1) is 11.3 Å². The predicted octanol–water partition coefficient (Wildman–Crippen LogP) is 6.86. The average molecular weight is 443 g/mol. The molecule has 0 saturated carbocycles. The van der Waals surface area contributed by atoms with Crippen molar-refractivity contribution in [2.75, 3.05) is 0 Å². The number of carbonyl (C=O) groups excluding carboxylic acids is 1. The fraction of sp³-hybridized carbons (Fsp3) is 0. The van der Waals surface area contributed by atoms with Gasteiger partial charge >= 0.3 is 5.97 Å². The van der Waals surface area contributed by atoms with Gasteiger partial charge in [-0.1, -0.05) is 58.5 Å². The number of cyclic esters (lactones) is 1. The Balaban J connectivity index is 1.75. The summed E-state index contributed by atoms with van der Waals surface area (Å²) >= 11 is 25.7. The Morgan fingerprint density at radius 3 is 2.58 bits per heavy atom. The first-order chi connectivity index (χ1) is 12.4. The highest BCUT2D eigenvalue weighted by Gasteiger charge is 2.28. The van der Waals surface area contributed by atoms with Gasteiger partial charge in [0, 0.05) is 15.1 Å². The monoisotopic (exact) mass is 441 g/mol. The quantitative estimate of drug-likeness (QED) is 0.321. The second-order valence-corrected chi connectivity index (χ2v) is 8.08. The Bertz CT molecular complexity index is 1130. The summed E-state index contributed by atoms with van der Waals surface area (Å²) in [5.74, 6) is -0.388. The number of halogens is 4. The first-order valence-electron chi connectivity index (χ1n) is 7.28. The molecule has 2 heterocycles. The normalized spacial score (nSPS) is 15.6. The molecule has 0 amide bonds. The van der Waals surface area contributed by atoms with Crippen LogP contribution < -0.4 is 0 Å². The molecule has 8 heteroatoms. The molecule has 3 nitrogen and oxygen atoms in total. The van der Waals surface area contributed by atoms with Gasteiger partial charge in [-0.3, -0.25) is 0 Å². The Labute approximate surface area is 172 Å². The number of fused-ring (bicyclic) bond motifs is 1. The summed E-state index contributed by atoms with van der Waals surface area (Å²) in [5.41, 5.74) is 0.843. The van der Waals surface area contributed by atoms with Gasteiger partial charge in [0.1, 0.15) is 4.88 Å². The zero-order valence-corrected chi connectivity index (χ0v) is 16.6. The summed E-state index contributed by atoms with van der Waals surface area (Å²) in [6.07, 6.45) is 1.58. The van der Waals surface area contributed by atoms with Gasteiger partial charge in [-0.2, -0.15) is 0 Å². The van der Waals surface area contributed by atoms with Crippen LogP contribution in [0.1, 0.15) is 10.4 Å². The van der Waals surface area contributed by atoms with Crippen molar-refractivity contribution in [1.29, 1.82) is 0 Å². The molecule has 130 valence electrons. The molecule has 0 aliphatic carbocycles. The van der Waals surface area contributed by atoms with Gasteiger partial charge < -0.3 is 4.74 Å². The molecule has 0 N–H and O–H groups in total. The van der Waals surface area contributed by atoms with Crippen molar-refractivity contribution in [3.8, 4) is 0 Å². The van der Waals surface area contributed by atoms with E-state index >= 15 is 0 Å². The van der Waals surface area contributed by atoms with Gasteiger partial charge in [0.25, 0.3) is 0 Å². The van der Waals surface area contributed by atoms with Gasteiger partial charge in [0.15, 0.2) is 5.70 Å². The molecule has 0 unspecified atom stereocenters. The molecule has 0 atom stereocenters. The standard InChI is InChI=1S/C18H7Cl4NO2S/c19-9-2-3-10-14(7-9)26-16(15(10)22)17-23-13(18(24)25-17)6-8-1-4-11(20)12(21)5-8/h1-7H/b13-6-. The molecular weight excluding hydrogens is 436 g/mol. The van der Waals surface area contributed by atoms with Crippen LogP contribution in [-0.4, -0.2) is 11.9 Å². The third-order valence-corrected chi connectivity index (χ3v) is 6.27. The van der Waals surface area contributed by atoms with Gasteiger partial charge in [-0.05, 0) is 35.9 Å². The molecule has 0 bridgehead atoms. The Morgan fingerprint density at radius 1 is 1.00 bits per heavy atom. The topological polar surface area (TPSA) is 38.7 Å². The minimum Gasteiger partial charge on any atom is -0.401 e. The minimum atomic E-state index is -0.558. The maximum Gasteiger partial charge on any atom is 0.363 e. The van der Waals surface area contributed by atoms with Crippen molar-refractivity contribution in [2.24, 2.45) is 4.99 Å². The SMILES string of the molecule is O=C1OC(c2sc3cc(Cl)ccc3c2Cl)=N/C1=C\c1ccc(Cl)c(Cl)c1. The number of benzene rings is 2. The van der Waals surface area contributed by atoms with Crippen LogP contribution >= 0.6 is 57.7 Å². The fourth-order valence-electron chi connectivity index (χ4n) is 2.44. The van der Waals surface area contributed by atoms with Crippen molar-refractivity contribution >= 4 is 85.8 Å². The van der Waals surface area contributed by atoms with Crippen LogP contribution in [0.5, 0.6) is 0 Å². The van der Waals surface area contributed by atoms with E-state index in [4.69, 9.17) is 51.1 Å². The lowest BCUT2D eigenvalue weighted by Gasteiger charge is -1.97. The number of aliphatic imine (C=N–C) groups is 1. The van der Waals surface area contributed by atoms with Crippen LogP contribution in [0.4, 0.5) is 0 Å². The van der Waals surface area contributed by atoms with E-state index < -0.39 is 5.97 Å². The zero-order valence-electron chi connectivity index (χ0n) is 12.7. The third-order valence-electron chi connectivity index (χ3n) is 3.65. The molecule has 26 heavy (non-hydrogen) atoms. The van der Waals surface area contributed by atoms with Gasteiger partial charge in [0.05, 0.1) is 15.1 Å². The fourth-order valence-corrected chi connectivity index (χ4v) is 4.46. The average Bonchev–Trinajstić information content (AvgIpc) is 3.11. The highest BCUT2D eigenvalue weighted by Crippen LogP contribution is 2.38. The highest BCUT2D eigenvalue weighted by atomic mass is 35.5. The first-order valence-corrected chi connectivity index (χ1v) is 9.61. The number of hydrogen-bond donors (Lipinski definition) is 0. The number of thiophene rings is 1. The second kappa shape index (κ2) is 6.87. The van der Waals surface area contributed by atoms with E-state index in [-0.39, 0.29) is 11.6 Å². The van der Waals surface area contributed by atoms with Crippen LogP contribution in [0.25, 0.3) is 16.2 Å². The summed E-state index contributed by atoms with van der Waals surface area (Å²) < 4.78 is 6.19. The van der Waals surface area contributed by atoms with Gasteiger partial charge in [-0.25, -0.2) is 9.79 Å². The van der Waals surface area contributed by atoms with E-state index in [2.05, 4.69) is 4.99 Å². The number of hydrogen-bond acceptors (Lipinski definition) is 4. The van der Waals surface area contributed by atoms with Crippen LogP contribution in [0.2, 0.25) is 20.1 Å². The number of rotatable bonds is 2. The molecule has 0 spiro atoms. The molecule has 2 aromatic carbocycles. The summed E-state index contributed by atoms with van der Waals surface area (Å²) in [6, 6.07) is 10.4. The molecule has 0 saturated heterocycles. The third kappa shape index (κ3) is 3.24. The van der Waals surface area contributed by atoms with E-state index in [0.29, 0.717) is 30.5 Å². The van der Waals surface area contributed by atoms with E-state index in [1.54, 1.807) is 36.4 Å². The Morgan fingerprint density at radius 2 is 1.81 bits per heavy atom. The Kier molecular flexibility index (Phi) is 4.71. The summed E-state index contributed by atoms with van der Waals surface area (Å²) in [4.78, 5) is 17.0. The number of nitrogens with zero attached hydrogens (tertiary/aromatic N) is 1. The van der Waals surface area contributed by atoms with Crippen molar-refractivity contribution in [2.45, 2.75) is 0 Å². The van der Waals surface area contributed by atoms with E-state index in [1.807, 2.05) is 6.07 Å². The molecule has 3 aromatic rings.